The van der Waals surface area contributed by atoms with E-state index in [1.807, 2.05) is 36.4 Å². The summed E-state index contributed by atoms with van der Waals surface area (Å²) in [4.78, 5) is 15.1. The van der Waals surface area contributed by atoms with E-state index in [9.17, 15) is 0 Å². The largest absolute Gasteiger partial charge is 0.456 e. The third-order valence-corrected chi connectivity index (χ3v) is 11.9. The molecule has 9 aromatic carbocycles. The van der Waals surface area contributed by atoms with Gasteiger partial charge in [0.25, 0.3) is 0 Å². The van der Waals surface area contributed by atoms with Crippen molar-refractivity contribution < 1.29 is 4.42 Å². The zero-order chi connectivity index (χ0) is 41.0. The Kier molecular flexibility index (Phi) is 8.42. The van der Waals surface area contributed by atoms with Crippen molar-refractivity contribution in [2.45, 2.75) is 0 Å². The first-order valence-electron chi connectivity index (χ1n) is 20.8. The maximum absolute atomic E-state index is 6.57. The zero-order valence-corrected chi connectivity index (χ0v) is 33.5. The molecule has 3 aromatic heterocycles. The Balaban J connectivity index is 0.947. The molecule has 0 bridgehead atoms. The second-order valence-corrected chi connectivity index (χ2v) is 15.6. The van der Waals surface area contributed by atoms with Gasteiger partial charge in [-0.15, -0.1) is 0 Å². The summed E-state index contributed by atoms with van der Waals surface area (Å²) in [7, 11) is 0. The van der Waals surface area contributed by atoms with Crippen LogP contribution in [0, 0.1) is 0 Å². The van der Waals surface area contributed by atoms with Crippen LogP contribution in [0.25, 0.3) is 117 Å². The average molecular weight is 793 g/mol. The molecular formula is C57H36N4O. The minimum Gasteiger partial charge on any atom is -0.456 e. The third-order valence-electron chi connectivity index (χ3n) is 11.9. The van der Waals surface area contributed by atoms with E-state index < -0.39 is 0 Å². The monoisotopic (exact) mass is 792 g/mol. The normalized spacial score (nSPS) is 11.5. The van der Waals surface area contributed by atoms with E-state index in [2.05, 4.69) is 187 Å². The number of benzene rings is 9. The van der Waals surface area contributed by atoms with Gasteiger partial charge in [-0.2, -0.15) is 0 Å². The molecule has 0 saturated heterocycles. The van der Waals surface area contributed by atoms with E-state index in [0.717, 1.165) is 72.1 Å². The number of furan rings is 1. The van der Waals surface area contributed by atoms with E-state index in [1.165, 1.54) is 27.4 Å². The van der Waals surface area contributed by atoms with Crippen LogP contribution in [0.1, 0.15) is 0 Å². The summed E-state index contributed by atoms with van der Waals surface area (Å²) in [6, 6.07) is 76.4. The van der Waals surface area contributed by atoms with Gasteiger partial charge < -0.3 is 8.98 Å². The molecule has 0 spiro atoms. The van der Waals surface area contributed by atoms with Gasteiger partial charge in [0.2, 0.25) is 0 Å². The van der Waals surface area contributed by atoms with Crippen LogP contribution < -0.4 is 0 Å². The van der Waals surface area contributed by atoms with Gasteiger partial charge in [-0.05, 0) is 88.0 Å². The molecule has 0 amide bonds. The third kappa shape index (κ3) is 6.14. The number of aromatic nitrogens is 4. The summed E-state index contributed by atoms with van der Waals surface area (Å²) in [6.45, 7) is 0. The molecule has 0 aliphatic heterocycles. The van der Waals surface area contributed by atoms with Gasteiger partial charge >= 0.3 is 0 Å². The molecule has 0 aliphatic carbocycles. The van der Waals surface area contributed by atoms with Crippen molar-refractivity contribution in [3.63, 3.8) is 0 Å². The number of rotatable bonds is 7. The fraction of sp³-hybridized carbons (Fsp3) is 0. The maximum atomic E-state index is 6.57. The minimum atomic E-state index is 0.583. The first-order valence-corrected chi connectivity index (χ1v) is 20.8. The molecule has 0 fully saturated rings. The van der Waals surface area contributed by atoms with Gasteiger partial charge in [-0.1, -0.05) is 164 Å². The molecule has 12 rings (SSSR count). The molecule has 0 aliphatic rings. The van der Waals surface area contributed by atoms with Crippen LogP contribution >= 0.6 is 0 Å². The van der Waals surface area contributed by atoms with Gasteiger partial charge in [0.05, 0.1) is 11.0 Å². The Hall–Kier alpha value is -8.41. The van der Waals surface area contributed by atoms with E-state index in [0.29, 0.717) is 17.5 Å². The molecule has 290 valence electrons. The van der Waals surface area contributed by atoms with Gasteiger partial charge in [0, 0.05) is 43.9 Å². The summed E-state index contributed by atoms with van der Waals surface area (Å²) in [5.41, 5.74) is 14.7. The Morgan fingerprint density at radius 1 is 0.290 bits per heavy atom. The predicted octanol–water partition coefficient (Wildman–Crippen LogP) is 14.9. The molecule has 62 heavy (non-hydrogen) atoms. The van der Waals surface area contributed by atoms with Crippen LogP contribution in [0.3, 0.4) is 0 Å². The standard InChI is InChI=1S/C57H36N4O/c1-4-15-37(16-5-1)39-19-14-20-42(33-39)56-58-55(38-17-6-2-7-18-38)59-57(60-56)43-28-31-49-50-34-40(29-32-53(50)62-54(49)36-43)45-23-10-11-24-46(45)41-27-30-48-47-25-12-13-26-51(47)61(52(48)35-41)44-21-8-3-9-22-44/h1-36H. The van der Waals surface area contributed by atoms with E-state index >= 15 is 0 Å². The molecule has 0 unspecified atom stereocenters. The van der Waals surface area contributed by atoms with Gasteiger partial charge in [0.1, 0.15) is 11.2 Å². The lowest BCUT2D eigenvalue weighted by atomic mass is 9.93. The molecule has 3 heterocycles. The first-order chi connectivity index (χ1) is 30.7. The van der Waals surface area contributed by atoms with Crippen molar-refractivity contribution in [3.8, 4) is 73.2 Å². The number of para-hydroxylation sites is 2. The number of hydrogen-bond donors (Lipinski definition) is 0. The van der Waals surface area contributed by atoms with Crippen molar-refractivity contribution in [3.05, 3.63) is 218 Å². The molecular weight excluding hydrogens is 757 g/mol. The first kappa shape index (κ1) is 35.5. The highest BCUT2D eigenvalue weighted by Crippen LogP contribution is 2.40. The summed E-state index contributed by atoms with van der Waals surface area (Å²) in [5, 5.41) is 4.56. The smallest absolute Gasteiger partial charge is 0.164 e. The van der Waals surface area contributed by atoms with Gasteiger partial charge in [0.15, 0.2) is 17.5 Å². The topological polar surface area (TPSA) is 56.7 Å². The molecule has 0 radical (unpaired) electrons. The molecule has 5 nitrogen and oxygen atoms in total. The number of nitrogens with zero attached hydrogens (tertiary/aromatic N) is 4. The summed E-state index contributed by atoms with van der Waals surface area (Å²) >= 11 is 0. The summed E-state index contributed by atoms with van der Waals surface area (Å²) in [6.07, 6.45) is 0. The fourth-order valence-electron chi connectivity index (χ4n) is 8.88. The zero-order valence-electron chi connectivity index (χ0n) is 33.5. The molecule has 5 heteroatoms. The Morgan fingerprint density at radius 2 is 0.823 bits per heavy atom. The quantitative estimate of drug-likeness (QED) is 0.161. The summed E-state index contributed by atoms with van der Waals surface area (Å²) < 4.78 is 8.95. The lowest BCUT2D eigenvalue weighted by Gasteiger charge is -2.12. The van der Waals surface area contributed by atoms with E-state index in [4.69, 9.17) is 19.4 Å². The molecule has 12 aromatic rings. The lowest BCUT2D eigenvalue weighted by molar-refractivity contribution is 0.669. The van der Waals surface area contributed by atoms with Crippen LogP contribution in [-0.4, -0.2) is 19.5 Å². The van der Waals surface area contributed by atoms with Crippen LogP contribution in [0.5, 0.6) is 0 Å². The van der Waals surface area contributed by atoms with Crippen LogP contribution in [0.2, 0.25) is 0 Å². The van der Waals surface area contributed by atoms with E-state index in [-0.39, 0.29) is 0 Å². The fourth-order valence-corrected chi connectivity index (χ4v) is 8.88. The van der Waals surface area contributed by atoms with Crippen LogP contribution in [0.4, 0.5) is 0 Å². The average Bonchev–Trinajstić information content (AvgIpc) is 3.89. The molecule has 0 atom stereocenters. The van der Waals surface area contributed by atoms with Crippen molar-refractivity contribution >= 4 is 43.7 Å². The van der Waals surface area contributed by atoms with Gasteiger partial charge in [-0.25, -0.2) is 15.0 Å². The summed E-state index contributed by atoms with van der Waals surface area (Å²) in [5.74, 6) is 1.81. The second kappa shape index (κ2) is 14.7. The van der Waals surface area contributed by atoms with Crippen LogP contribution in [-0.2, 0) is 0 Å². The highest BCUT2D eigenvalue weighted by molar-refractivity contribution is 6.11. The Morgan fingerprint density at radius 3 is 1.58 bits per heavy atom. The Bertz CT molecular complexity index is 3630. The Labute approximate surface area is 357 Å². The highest BCUT2D eigenvalue weighted by atomic mass is 16.3. The second-order valence-electron chi connectivity index (χ2n) is 15.6. The maximum Gasteiger partial charge on any atom is 0.164 e. The highest BCUT2D eigenvalue weighted by Gasteiger charge is 2.18. The van der Waals surface area contributed by atoms with Crippen LogP contribution in [0.15, 0.2) is 223 Å². The predicted molar refractivity (Wildman–Crippen MR) is 254 cm³/mol. The molecule has 0 N–H and O–H groups in total. The number of hydrogen-bond acceptors (Lipinski definition) is 4. The number of fused-ring (bicyclic) bond motifs is 6. The van der Waals surface area contributed by atoms with Crippen molar-refractivity contribution in [1.82, 2.24) is 19.5 Å². The van der Waals surface area contributed by atoms with E-state index in [1.54, 1.807) is 0 Å². The van der Waals surface area contributed by atoms with Gasteiger partial charge in [-0.3, -0.25) is 0 Å². The minimum absolute atomic E-state index is 0.583. The van der Waals surface area contributed by atoms with Crippen molar-refractivity contribution in [2.75, 3.05) is 0 Å². The van der Waals surface area contributed by atoms with Crippen molar-refractivity contribution in [2.24, 2.45) is 0 Å². The lowest BCUT2D eigenvalue weighted by Crippen LogP contribution is -2.00. The van der Waals surface area contributed by atoms with Crippen molar-refractivity contribution in [1.29, 1.82) is 0 Å². The SMILES string of the molecule is c1ccc(-c2cccc(-c3nc(-c4ccccc4)nc(-c4ccc5c(c4)oc4ccc(-c6ccccc6-c6ccc7c8ccccc8n(-c8ccccc8)c7c6)cc45)n3)c2)cc1. The molecule has 0 saturated carbocycles.